The van der Waals surface area contributed by atoms with Crippen LogP contribution >= 0.6 is 0 Å². The van der Waals surface area contributed by atoms with Crippen molar-refractivity contribution in [1.82, 2.24) is 14.8 Å². The molecule has 1 N–H and O–H groups in total. The summed E-state index contributed by atoms with van der Waals surface area (Å²) < 4.78 is 6.25. The van der Waals surface area contributed by atoms with Crippen LogP contribution < -0.4 is 4.74 Å². The van der Waals surface area contributed by atoms with Gasteiger partial charge in [-0.25, -0.2) is 0 Å². The maximum Gasteiger partial charge on any atom is 0.226 e. The molecule has 1 amide bonds. The molecule has 0 saturated carbocycles. The van der Waals surface area contributed by atoms with E-state index in [1.807, 2.05) is 18.3 Å². The quantitative estimate of drug-likeness (QED) is 0.934. The largest absolute Gasteiger partial charge is 0.490 e. The molecule has 0 spiro atoms. The van der Waals surface area contributed by atoms with Crippen LogP contribution in [-0.4, -0.2) is 60.0 Å². The van der Waals surface area contributed by atoms with Crippen LogP contribution in [0.25, 0.3) is 10.9 Å². The molecular formula is C20H27N3O2. The summed E-state index contributed by atoms with van der Waals surface area (Å²) in [4.78, 5) is 20.3. The third-order valence-corrected chi connectivity index (χ3v) is 5.58. The van der Waals surface area contributed by atoms with E-state index in [0.29, 0.717) is 5.91 Å². The molecule has 3 heterocycles. The normalized spacial score (nSPS) is 23.1. The maximum atomic E-state index is 12.8. The van der Waals surface area contributed by atoms with E-state index in [0.717, 1.165) is 68.5 Å². The van der Waals surface area contributed by atoms with Crippen LogP contribution in [0.2, 0.25) is 0 Å². The highest BCUT2D eigenvalue weighted by Gasteiger charge is 2.31. The average molecular weight is 341 g/mol. The number of likely N-dealkylation sites (tertiary alicyclic amines) is 2. The molecule has 1 aromatic carbocycles. The monoisotopic (exact) mass is 341 g/mol. The first-order valence-electron chi connectivity index (χ1n) is 9.41. The van der Waals surface area contributed by atoms with Crippen LogP contribution in [0, 0.1) is 5.92 Å². The van der Waals surface area contributed by atoms with Gasteiger partial charge in [-0.2, -0.15) is 0 Å². The Labute approximate surface area is 148 Å². The number of hydrogen-bond donors (Lipinski definition) is 1. The number of hydrogen-bond acceptors (Lipinski definition) is 3. The number of benzene rings is 1. The lowest BCUT2D eigenvalue weighted by Crippen LogP contribution is -2.47. The molecule has 5 heteroatoms. The first kappa shape index (κ1) is 16.5. The number of nitrogens with zero attached hydrogens (tertiary/aromatic N) is 2. The zero-order chi connectivity index (χ0) is 17.2. The van der Waals surface area contributed by atoms with Crippen molar-refractivity contribution in [2.24, 2.45) is 5.92 Å². The molecule has 2 aromatic rings. The van der Waals surface area contributed by atoms with Crippen molar-refractivity contribution < 1.29 is 9.53 Å². The Hall–Kier alpha value is -2.01. The van der Waals surface area contributed by atoms with Gasteiger partial charge in [-0.3, -0.25) is 4.79 Å². The Morgan fingerprint density at radius 2 is 2.00 bits per heavy atom. The molecule has 25 heavy (non-hydrogen) atoms. The second kappa shape index (κ2) is 7.08. The van der Waals surface area contributed by atoms with Crippen molar-refractivity contribution >= 4 is 16.8 Å². The molecule has 0 aliphatic carbocycles. The number of aromatic nitrogens is 1. The predicted octanol–water partition coefficient (Wildman–Crippen LogP) is 2.88. The number of aromatic amines is 1. The van der Waals surface area contributed by atoms with Crippen LogP contribution in [0.1, 0.15) is 25.7 Å². The number of nitrogens with one attached hydrogen (secondary N) is 1. The van der Waals surface area contributed by atoms with Crippen molar-refractivity contribution in [3.8, 4) is 5.75 Å². The number of carbonyl (C=O) groups is 1. The van der Waals surface area contributed by atoms with Crippen LogP contribution in [-0.2, 0) is 4.79 Å². The van der Waals surface area contributed by atoms with E-state index in [4.69, 9.17) is 4.74 Å². The smallest absolute Gasteiger partial charge is 0.226 e. The summed E-state index contributed by atoms with van der Waals surface area (Å²) >= 11 is 0. The van der Waals surface area contributed by atoms with Crippen LogP contribution in [0.4, 0.5) is 0 Å². The highest BCUT2D eigenvalue weighted by Crippen LogP contribution is 2.28. The summed E-state index contributed by atoms with van der Waals surface area (Å²) in [5.74, 6) is 1.47. The minimum atomic E-state index is 0.185. The molecule has 1 unspecified atom stereocenters. The highest BCUT2D eigenvalue weighted by atomic mass is 16.5. The van der Waals surface area contributed by atoms with E-state index in [-0.39, 0.29) is 12.0 Å². The highest BCUT2D eigenvalue weighted by molar-refractivity contribution is 5.85. The van der Waals surface area contributed by atoms with Crippen molar-refractivity contribution in [3.05, 3.63) is 30.5 Å². The summed E-state index contributed by atoms with van der Waals surface area (Å²) in [6.07, 6.45) is 6.13. The summed E-state index contributed by atoms with van der Waals surface area (Å²) in [6, 6.07) is 8.17. The Morgan fingerprint density at radius 1 is 1.16 bits per heavy atom. The molecule has 5 nitrogen and oxygen atoms in total. The van der Waals surface area contributed by atoms with Crippen molar-refractivity contribution in [3.63, 3.8) is 0 Å². The molecule has 134 valence electrons. The third-order valence-electron chi connectivity index (χ3n) is 5.58. The molecule has 2 aliphatic heterocycles. The SMILES string of the molecule is CN1CCCC(C(=O)N2CCC(Oc3cccc4[nH]ccc34)CC2)C1. The summed E-state index contributed by atoms with van der Waals surface area (Å²) in [7, 11) is 2.11. The molecule has 0 bridgehead atoms. The van der Waals surface area contributed by atoms with Crippen molar-refractivity contribution in [2.45, 2.75) is 31.8 Å². The number of rotatable bonds is 3. The number of fused-ring (bicyclic) bond motifs is 1. The fourth-order valence-corrected chi connectivity index (χ4v) is 4.16. The van der Waals surface area contributed by atoms with E-state index in [1.54, 1.807) is 0 Å². The lowest BCUT2D eigenvalue weighted by atomic mass is 9.95. The van der Waals surface area contributed by atoms with Gasteiger partial charge in [-0.05, 0) is 44.6 Å². The van der Waals surface area contributed by atoms with Crippen molar-refractivity contribution in [1.29, 1.82) is 0 Å². The molecule has 2 aliphatic rings. The summed E-state index contributed by atoms with van der Waals surface area (Å²) in [6.45, 7) is 3.65. The van der Waals surface area contributed by atoms with Gasteiger partial charge in [0, 0.05) is 49.6 Å². The number of carbonyl (C=O) groups excluding carboxylic acids is 1. The van der Waals surface area contributed by atoms with Gasteiger partial charge in [0.15, 0.2) is 0 Å². The second-order valence-corrected chi connectivity index (χ2v) is 7.44. The first-order valence-corrected chi connectivity index (χ1v) is 9.41. The van der Waals surface area contributed by atoms with E-state index < -0.39 is 0 Å². The van der Waals surface area contributed by atoms with Crippen LogP contribution in [0.15, 0.2) is 30.5 Å². The number of piperidine rings is 2. The van der Waals surface area contributed by atoms with Gasteiger partial charge in [-0.1, -0.05) is 6.07 Å². The van der Waals surface area contributed by atoms with Crippen LogP contribution in [0.5, 0.6) is 5.75 Å². The number of ether oxygens (including phenoxy) is 1. The molecule has 2 fully saturated rings. The lowest BCUT2D eigenvalue weighted by Gasteiger charge is -2.37. The molecule has 2 saturated heterocycles. The minimum absolute atomic E-state index is 0.185. The maximum absolute atomic E-state index is 12.8. The Kier molecular flexibility index (Phi) is 4.66. The zero-order valence-corrected chi connectivity index (χ0v) is 14.9. The Balaban J connectivity index is 1.34. The Bertz CT molecular complexity index is 733. The van der Waals surface area contributed by atoms with Gasteiger partial charge < -0.3 is 19.5 Å². The third kappa shape index (κ3) is 3.52. The van der Waals surface area contributed by atoms with E-state index in [9.17, 15) is 4.79 Å². The molecular weight excluding hydrogens is 314 g/mol. The number of H-pyrrole nitrogens is 1. The molecule has 1 atom stereocenters. The topological polar surface area (TPSA) is 48.6 Å². The fourth-order valence-electron chi connectivity index (χ4n) is 4.16. The minimum Gasteiger partial charge on any atom is -0.490 e. The second-order valence-electron chi connectivity index (χ2n) is 7.44. The lowest BCUT2D eigenvalue weighted by molar-refractivity contribution is -0.139. The standard InChI is InChI=1S/C20H27N3O2/c1-22-11-3-4-15(14-22)20(24)23-12-8-16(9-13-23)25-19-6-2-5-18-17(19)7-10-21-18/h2,5-7,10,15-16,21H,3-4,8-9,11-14H2,1H3. The van der Waals surface area contributed by atoms with E-state index in [2.05, 4.69) is 34.0 Å². The molecule has 4 rings (SSSR count). The zero-order valence-electron chi connectivity index (χ0n) is 14.9. The van der Waals surface area contributed by atoms with Gasteiger partial charge in [0.2, 0.25) is 5.91 Å². The predicted molar refractivity (Wildman–Crippen MR) is 98.7 cm³/mol. The first-order chi connectivity index (χ1) is 12.2. The average Bonchev–Trinajstić information content (AvgIpc) is 3.12. The fraction of sp³-hybridized carbons (Fsp3) is 0.550. The molecule has 0 radical (unpaired) electrons. The summed E-state index contributed by atoms with van der Waals surface area (Å²) in [5.41, 5.74) is 1.10. The summed E-state index contributed by atoms with van der Waals surface area (Å²) in [5, 5.41) is 1.13. The van der Waals surface area contributed by atoms with E-state index in [1.165, 1.54) is 0 Å². The van der Waals surface area contributed by atoms with Gasteiger partial charge in [-0.15, -0.1) is 0 Å². The van der Waals surface area contributed by atoms with E-state index >= 15 is 0 Å². The van der Waals surface area contributed by atoms with Gasteiger partial charge >= 0.3 is 0 Å². The molecule has 1 aromatic heterocycles. The van der Waals surface area contributed by atoms with Crippen molar-refractivity contribution in [2.75, 3.05) is 33.2 Å². The van der Waals surface area contributed by atoms with Gasteiger partial charge in [0.25, 0.3) is 0 Å². The number of amides is 1. The van der Waals surface area contributed by atoms with Gasteiger partial charge in [0.1, 0.15) is 11.9 Å². The Morgan fingerprint density at radius 3 is 2.80 bits per heavy atom. The van der Waals surface area contributed by atoms with Crippen LogP contribution in [0.3, 0.4) is 0 Å². The van der Waals surface area contributed by atoms with Gasteiger partial charge in [0.05, 0.1) is 5.92 Å².